The number of carbonyl (C=O) groups is 2. The van der Waals surface area contributed by atoms with Crippen molar-refractivity contribution >= 4 is 23.0 Å². The summed E-state index contributed by atoms with van der Waals surface area (Å²) in [6.07, 6.45) is 0.245. The lowest BCUT2D eigenvalue weighted by atomic mass is 10.1. The number of ether oxygens (including phenoxy) is 2. The molecule has 0 aromatic carbocycles. The smallest absolute Gasteiger partial charge is 0.367 e. The second kappa shape index (κ2) is 8.44. The van der Waals surface area contributed by atoms with Gasteiger partial charge in [0.15, 0.2) is 0 Å². The molecule has 0 radical (unpaired) electrons. The number of carbonyl (C=O) groups excluding carboxylic acids is 2. The zero-order chi connectivity index (χ0) is 12.6. The first-order valence-corrected chi connectivity index (χ1v) is 6.38. The second-order valence-corrected chi connectivity index (χ2v) is 4.77. The molecule has 0 aliphatic rings. The van der Waals surface area contributed by atoms with E-state index in [0.717, 1.165) is 11.8 Å². The molecule has 0 N–H and O–H groups in total. The summed E-state index contributed by atoms with van der Waals surface area (Å²) in [5, 5.41) is -0.413. The highest BCUT2D eigenvalue weighted by atomic mass is 32.2. The Kier molecular flexibility index (Phi) is 8.07. The summed E-state index contributed by atoms with van der Waals surface area (Å²) in [7, 11) is 0. The predicted molar refractivity (Wildman–Crippen MR) is 64.5 cm³/mol. The van der Waals surface area contributed by atoms with Gasteiger partial charge in [0, 0.05) is 5.25 Å². The summed E-state index contributed by atoms with van der Waals surface area (Å²) in [5.41, 5.74) is 0. The highest BCUT2D eigenvalue weighted by Gasteiger charge is 2.22. The SMILES string of the molecule is CCOC(=O)CC(SC(=O)OCC)C(C)C. The standard InChI is InChI=1S/C11H20O4S/c1-5-14-10(12)7-9(8(3)4)16-11(13)15-6-2/h8-9H,5-7H2,1-4H3. The quantitative estimate of drug-likeness (QED) is 0.676. The highest BCUT2D eigenvalue weighted by molar-refractivity contribution is 8.13. The molecular weight excluding hydrogens is 228 g/mol. The zero-order valence-corrected chi connectivity index (χ0v) is 11.1. The summed E-state index contributed by atoms with van der Waals surface area (Å²) in [6, 6.07) is 0. The van der Waals surface area contributed by atoms with Gasteiger partial charge in [-0.2, -0.15) is 0 Å². The molecule has 0 amide bonds. The first-order chi connectivity index (χ1) is 7.51. The van der Waals surface area contributed by atoms with E-state index in [0.29, 0.717) is 13.2 Å². The molecule has 4 nitrogen and oxygen atoms in total. The van der Waals surface area contributed by atoms with Crippen molar-refractivity contribution in [2.75, 3.05) is 13.2 Å². The van der Waals surface area contributed by atoms with Gasteiger partial charge in [0.05, 0.1) is 19.6 Å². The van der Waals surface area contributed by atoms with Crippen LogP contribution in [0.5, 0.6) is 0 Å². The van der Waals surface area contributed by atoms with Crippen molar-refractivity contribution in [2.24, 2.45) is 5.92 Å². The molecule has 16 heavy (non-hydrogen) atoms. The third-order valence-corrected chi connectivity index (χ3v) is 3.25. The molecule has 0 saturated carbocycles. The van der Waals surface area contributed by atoms with Crippen molar-refractivity contribution in [3.8, 4) is 0 Å². The molecule has 5 heteroatoms. The summed E-state index contributed by atoms with van der Waals surface area (Å²) < 4.78 is 9.70. The van der Waals surface area contributed by atoms with Crippen LogP contribution in [0.2, 0.25) is 0 Å². The van der Waals surface area contributed by atoms with E-state index in [2.05, 4.69) is 0 Å². The van der Waals surface area contributed by atoms with Gasteiger partial charge < -0.3 is 9.47 Å². The van der Waals surface area contributed by atoms with Gasteiger partial charge in [-0.15, -0.1) is 0 Å². The van der Waals surface area contributed by atoms with E-state index in [4.69, 9.17) is 9.47 Å². The number of esters is 1. The van der Waals surface area contributed by atoms with Crippen LogP contribution in [0.1, 0.15) is 34.1 Å². The monoisotopic (exact) mass is 248 g/mol. The Labute approximate surface area is 101 Å². The molecular formula is C11H20O4S. The van der Waals surface area contributed by atoms with Crippen LogP contribution in [-0.2, 0) is 14.3 Å². The van der Waals surface area contributed by atoms with Crippen molar-refractivity contribution in [2.45, 2.75) is 39.4 Å². The maximum Gasteiger partial charge on any atom is 0.367 e. The van der Waals surface area contributed by atoms with E-state index in [9.17, 15) is 9.59 Å². The zero-order valence-electron chi connectivity index (χ0n) is 10.3. The minimum atomic E-state index is -0.328. The van der Waals surface area contributed by atoms with Crippen molar-refractivity contribution in [3.05, 3.63) is 0 Å². The summed E-state index contributed by atoms with van der Waals surface area (Å²) >= 11 is 1.07. The predicted octanol–water partition coefficient (Wildman–Crippen LogP) is 2.85. The Balaban J connectivity index is 4.17. The van der Waals surface area contributed by atoms with E-state index < -0.39 is 0 Å². The fourth-order valence-corrected chi connectivity index (χ4v) is 2.00. The fourth-order valence-electron chi connectivity index (χ4n) is 1.07. The Hall–Kier alpha value is -0.710. The third kappa shape index (κ3) is 6.71. The topological polar surface area (TPSA) is 52.6 Å². The second-order valence-electron chi connectivity index (χ2n) is 3.59. The Morgan fingerprint density at radius 2 is 1.69 bits per heavy atom. The van der Waals surface area contributed by atoms with Gasteiger partial charge >= 0.3 is 11.3 Å². The van der Waals surface area contributed by atoms with E-state index in [1.165, 1.54) is 0 Å². The van der Waals surface area contributed by atoms with Crippen molar-refractivity contribution in [3.63, 3.8) is 0 Å². The number of hydrogen-bond donors (Lipinski definition) is 0. The van der Waals surface area contributed by atoms with E-state index in [1.807, 2.05) is 13.8 Å². The number of thioether (sulfide) groups is 1. The van der Waals surface area contributed by atoms with Crippen molar-refractivity contribution in [1.82, 2.24) is 0 Å². The summed E-state index contributed by atoms with van der Waals surface area (Å²) in [4.78, 5) is 22.6. The Bertz CT molecular complexity index is 208. The van der Waals surface area contributed by atoms with Crippen LogP contribution < -0.4 is 0 Å². The van der Waals surface area contributed by atoms with Crippen LogP contribution in [0, 0.1) is 5.92 Å². The molecule has 0 spiro atoms. The first kappa shape index (κ1) is 15.3. The molecule has 0 aromatic heterocycles. The van der Waals surface area contributed by atoms with Crippen molar-refractivity contribution in [1.29, 1.82) is 0 Å². The van der Waals surface area contributed by atoms with Crippen molar-refractivity contribution < 1.29 is 19.1 Å². The highest BCUT2D eigenvalue weighted by Crippen LogP contribution is 2.25. The lowest BCUT2D eigenvalue weighted by molar-refractivity contribution is -0.143. The summed E-state index contributed by atoms with van der Waals surface area (Å²) in [6.45, 7) is 8.19. The van der Waals surface area contributed by atoms with Crippen LogP contribution in [0.3, 0.4) is 0 Å². The van der Waals surface area contributed by atoms with E-state index in [-0.39, 0.29) is 28.9 Å². The van der Waals surface area contributed by atoms with Gasteiger partial charge in [0.1, 0.15) is 0 Å². The minimum Gasteiger partial charge on any atom is -0.466 e. The molecule has 0 heterocycles. The first-order valence-electron chi connectivity index (χ1n) is 5.50. The number of hydrogen-bond acceptors (Lipinski definition) is 5. The molecule has 0 aliphatic carbocycles. The molecule has 1 unspecified atom stereocenters. The summed E-state index contributed by atoms with van der Waals surface area (Å²) in [5.74, 6) is -0.0446. The van der Waals surface area contributed by atoms with Crippen LogP contribution >= 0.6 is 11.8 Å². The molecule has 0 rings (SSSR count). The Morgan fingerprint density at radius 3 is 2.12 bits per heavy atom. The van der Waals surface area contributed by atoms with Gasteiger partial charge in [0.25, 0.3) is 0 Å². The average Bonchev–Trinajstić information content (AvgIpc) is 2.17. The molecule has 0 fully saturated rings. The van der Waals surface area contributed by atoms with Gasteiger partial charge in [-0.25, -0.2) is 4.79 Å². The lowest BCUT2D eigenvalue weighted by Gasteiger charge is -2.17. The lowest BCUT2D eigenvalue weighted by Crippen LogP contribution is -2.20. The van der Waals surface area contributed by atoms with Crippen LogP contribution in [0.4, 0.5) is 4.79 Å². The van der Waals surface area contributed by atoms with Gasteiger partial charge in [-0.05, 0) is 31.5 Å². The maximum absolute atomic E-state index is 11.3. The third-order valence-electron chi connectivity index (χ3n) is 1.93. The van der Waals surface area contributed by atoms with Crippen LogP contribution in [-0.4, -0.2) is 29.7 Å². The molecule has 0 aliphatic heterocycles. The number of rotatable bonds is 6. The van der Waals surface area contributed by atoms with Crippen LogP contribution in [0.25, 0.3) is 0 Å². The van der Waals surface area contributed by atoms with Gasteiger partial charge in [-0.1, -0.05) is 13.8 Å². The molecule has 1 atom stereocenters. The van der Waals surface area contributed by atoms with Crippen LogP contribution in [0.15, 0.2) is 0 Å². The largest absolute Gasteiger partial charge is 0.466 e. The Morgan fingerprint density at radius 1 is 1.12 bits per heavy atom. The molecule has 0 aromatic rings. The normalized spacial score (nSPS) is 12.3. The molecule has 94 valence electrons. The fraction of sp³-hybridized carbons (Fsp3) is 0.818. The van der Waals surface area contributed by atoms with E-state index in [1.54, 1.807) is 13.8 Å². The van der Waals surface area contributed by atoms with Gasteiger partial charge in [0.2, 0.25) is 0 Å². The minimum absolute atomic E-state index is 0.0851. The average molecular weight is 248 g/mol. The van der Waals surface area contributed by atoms with Gasteiger partial charge in [-0.3, -0.25) is 4.79 Å². The maximum atomic E-state index is 11.3. The van der Waals surface area contributed by atoms with E-state index >= 15 is 0 Å². The molecule has 0 saturated heterocycles. The molecule has 0 bridgehead atoms.